The Morgan fingerprint density at radius 1 is 1.20 bits per heavy atom. The van der Waals surface area contributed by atoms with Crippen LogP contribution in [-0.2, 0) is 12.8 Å². The Labute approximate surface area is 127 Å². The molecule has 0 unspecified atom stereocenters. The average molecular weight is 311 g/mol. The van der Waals surface area contributed by atoms with Crippen molar-refractivity contribution in [2.45, 2.75) is 19.8 Å². The molecule has 0 heterocycles. The highest BCUT2D eigenvalue weighted by Gasteiger charge is 2.15. The minimum Gasteiger partial charge on any atom is -0.294 e. The Morgan fingerprint density at radius 3 is 2.65 bits per heavy atom. The standard InChI is InChI=1S/C16H13Cl2FO/c1-2-10-6-7-14(19)11(8-10)9-15(20)12-4-3-5-13(17)16(12)18/h3-8H,2,9H2,1H3. The van der Waals surface area contributed by atoms with Crippen LogP contribution in [0.3, 0.4) is 0 Å². The van der Waals surface area contributed by atoms with Crippen LogP contribution in [0.5, 0.6) is 0 Å². The van der Waals surface area contributed by atoms with Gasteiger partial charge in [0.05, 0.1) is 10.0 Å². The summed E-state index contributed by atoms with van der Waals surface area (Å²) in [6.45, 7) is 1.98. The number of Topliss-reactive ketones (excluding diaryl/α,β-unsaturated/α-hetero) is 1. The van der Waals surface area contributed by atoms with Crippen LogP contribution >= 0.6 is 23.2 Å². The predicted octanol–water partition coefficient (Wildman–Crippen LogP) is 5.12. The maximum absolute atomic E-state index is 13.8. The summed E-state index contributed by atoms with van der Waals surface area (Å²) in [7, 11) is 0. The van der Waals surface area contributed by atoms with Crippen LogP contribution in [0.25, 0.3) is 0 Å². The van der Waals surface area contributed by atoms with Crippen molar-refractivity contribution in [1.82, 2.24) is 0 Å². The van der Waals surface area contributed by atoms with E-state index < -0.39 is 0 Å². The Bertz CT molecular complexity index is 653. The van der Waals surface area contributed by atoms with Gasteiger partial charge in [0, 0.05) is 12.0 Å². The number of ketones is 1. The Balaban J connectivity index is 2.30. The summed E-state index contributed by atoms with van der Waals surface area (Å²) in [5, 5.41) is 0.534. The molecule has 2 rings (SSSR count). The van der Waals surface area contributed by atoms with E-state index >= 15 is 0 Å². The summed E-state index contributed by atoms with van der Waals surface area (Å²) in [4.78, 5) is 12.2. The lowest BCUT2D eigenvalue weighted by atomic mass is 10.00. The van der Waals surface area contributed by atoms with Crippen LogP contribution in [0.2, 0.25) is 10.0 Å². The molecule has 0 N–H and O–H groups in total. The molecule has 104 valence electrons. The van der Waals surface area contributed by atoms with E-state index in [4.69, 9.17) is 23.2 Å². The van der Waals surface area contributed by atoms with Gasteiger partial charge < -0.3 is 0 Å². The van der Waals surface area contributed by atoms with Crippen LogP contribution in [0, 0.1) is 5.82 Å². The second-order valence-electron chi connectivity index (χ2n) is 4.48. The Morgan fingerprint density at radius 2 is 1.95 bits per heavy atom. The molecule has 0 aliphatic carbocycles. The second-order valence-corrected chi connectivity index (χ2v) is 5.27. The summed E-state index contributed by atoms with van der Waals surface area (Å²) in [6, 6.07) is 9.68. The molecule has 0 amide bonds. The zero-order valence-electron chi connectivity index (χ0n) is 10.9. The molecule has 0 aliphatic rings. The van der Waals surface area contributed by atoms with E-state index in [1.807, 2.05) is 6.92 Å². The van der Waals surface area contributed by atoms with E-state index in [0.717, 1.165) is 12.0 Å². The van der Waals surface area contributed by atoms with Gasteiger partial charge in [-0.2, -0.15) is 0 Å². The molecule has 0 aliphatic heterocycles. The number of halogens is 3. The van der Waals surface area contributed by atoms with Gasteiger partial charge in [0.2, 0.25) is 0 Å². The van der Waals surface area contributed by atoms with E-state index in [-0.39, 0.29) is 23.0 Å². The molecule has 0 spiro atoms. The quantitative estimate of drug-likeness (QED) is 0.716. The zero-order chi connectivity index (χ0) is 14.7. The number of hydrogen-bond acceptors (Lipinski definition) is 1. The molecule has 2 aromatic rings. The SMILES string of the molecule is CCc1ccc(F)c(CC(=O)c2cccc(Cl)c2Cl)c1. The average Bonchev–Trinajstić information content (AvgIpc) is 2.44. The molecule has 0 radical (unpaired) electrons. The first kappa shape index (κ1) is 15.0. The molecular weight excluding hydrogens is 298 g/mol. The molecule has 20 heavy (non-hydrogen) atoms. The molecule has 0 bridgehead atoms. The number of benzene rings is 2. The summed E-state index contributed by atoms with van der Waals surface area (Å²) >= 11 is 11.9. The van der Waals surface area contributed by atoms with E-state index in [1.165, 1.54) is 6.07 Å². The fraction of sp³-hybridized carbons (Fsp3) is 0.188. The van der Waals surface area contributed by atoms with E-state index in [9.17, 15) is 9.18 Å². The van der Waals surface area contributed by atoms with Crippen molar-refractivity contribution in [2.75, 3.05) is 0 Å². The van der Waals surface area contributed by atoms with Crippen molar-refractivity contribution in [3.05, 3.63) is 69.0 Å². The molecule has 4 heteroatoms. The summed E-state index contributed by atoms with van der Waals surface area (Å²) in [5.41, 5.74) is 1.69. The number of carbonyl (C=O) groups excluding carboxylic acids is 1. The summed E-state index contributed by atoms with van der Waals surface area (Å²) in [6.07, 6.45) is 0.763. The highest BCUT2D eigenvalue weighted by atomic mass is 35.5. The molecule has 1 nitrogen and oxygen atoms in total. The molecule has 0 saturated heterocycles. The number of aryl methyl sites for hydroxylation is 1. The number of hydrogen-bond donors (Lipinski definition) is 0. The molecule has 0 aromatic heterocycles. The third-order valence-electron chi connectivity index (χ3n) is 3.12. The summed E-state index contributed by atoms with van der Waals surface area (Å²) in [5.74, 6) is -0.627. The Hall–Kier alpha value is -1.38. The molecular formula is C16H13Cl2FO. The van der Waals surface area contributed by atoms with Gasteiger partial charge in [-0.3, -0.25) is 4.79 Å². The highest BCUT2D eigenvalue weighted by molar-refractivity contribution is 6.43. The van der Waals surface area contributed by atoms with Crippen LogP contribution in [0.15, 0.2) is 36.4 Å². The largest absolute Gasteiger partial charge is 0.294 e. The smallest absolute Gasteiger partial charge is 0.168 e. The molecule has 0 atom stereocenters. The highest BCUT2D eigenvalue weighted by Crippen LogP contribution is 2.27. The van der Waals surface area contributed by atoms with Gasteiger partial charge in [0.15, 0.2) is 5.78 Å². The van der Waals surface area contributed by atoms with E-state index in [2.05, 4.69) is 0 Å². The van der Waals surface area contributed by atoms with Crippen LogP contribution in [0.1, 0.15) is 28.4 Å². The van der Waals surface area contributed by atoms with Gasteiger partial charge in [-0.05, 0) is 35.7 Å². The lowest BCUT2D eigenvalue weighted by molar-refractivity contribution is 0.0992. The molecule has 0 saturated carbocycles. The van der Waals surface area contributed by atoms with Crippen LogP contribution in [-0.4, -0.2) is 5.78 Å². The van der Waals surface area contributed by atoms with Gasteiger partial charge >= 0.3 is 0 Å². The minimum atomic E-state index is -0.381. The van der Waals surface area contributed by atoms with Crippen molar-refractivity contribution < 1.29 is 9.18 Å². The van der Waals surface area contributed by atoms with Gasteiger partial charge in [-0.25, -0.2) is 4.39 Å². The topological polar surface area (TPSA) is 17.1 Å². The van der Waals surface area contributed by atoms with Crippen molar-refractivity contribution in [2.24, 2.45) is 0 Å². The maximum atomic E-state index is 13.8. The fourth-order valence-corrected chi connectivity index (χ4v) is 2.38. The predicted molar refractivity (Wildman–Crippen MR) is 80.3 cm³/mol. The maximum Gasteiger partial charge on any atom is 0.168 e. The van der Waals surface area contributed by atoms with Gasteiger partial charge in [0.1, 0.15) is 5.82 Å². The van der Waals surface area contributed by atoms with Crippen molar-refractivity contribution in [3.63, 3.8) is 0 Å². The first-order valence-corrected chi connectivity index (χ1v) is 7.03. The van der Waals surface area contributed by atoms with E-state index in [0.29, 0.717) is 16.1 Å². The van der Waals surface area contributed by atoms with Crippen molar-refractivity contribution >= 4 is 29.0 Å². The lowest BCUT2D eigenvalue weighted by Gasteiger charge is -2.07. The monoisotopic (exact) mass is 310 g/mol. The van der Waals surface area contributed by atoms with Crippen molar-refractivity contribution in [1.29, 1.82) is 0 Å². The summed E-state index contributed by atoms with van der Waals surface area (Å²) < 4.78 is 13.8. The van der Waals surface area contributed by atoms with Crippen molar-refractivity contribution in [3.8, 4) is 0 Å². The first-order valence-electron chi connectivity index (χ1n) is 6.27. The number of rotatable bonds is 4. The van der Waals surface area contributed by atoms with Gasteiger partial charge in [-0.1, -0.05) is 48.3 Å². The van der Waals surface area contributed by atoms with Crippen LogP contribution in [0.4, 0.5) is 4.39 Å². The third kappa shape index (κ3) is 3.20. The molecule has 0 fully saturated rings. The lowest BCUT2D eigenvalue weighted by Crippen LogP contribution is -2.06. The number of carbonyl (C=O) groups is 1. The van der Waals surface area contributed by atoms with Gasteiger partial charge in [-0.15, -0.1) is 0 Å². The molecule has 2 aromatic carbocycles. The van der Waals surface area contributed by atoms with Gasteiger partial charge in [0.25, 0.3) is 0 Å². The second kappa shape index (κ2) is 6.38. The fourth-order valence-electron chi connectivity index (χ4n) is 1.97. The minimum absolute atomic E-state index is 0.0280. The normalized spacial score (nSPS) is 10.6. The zero-order valence-corrected chi connectivity index (χ0v) is 12.4. The Kier molecular flexibility index (Phi) is 4.79. The third-order valence-corrected chi connectivity index (χ3v) is 3.94. The van der Waals surface area contributed by atoms with Crippen LogP contribution < -0.4 is 0 Å². The first-order chi connectivity index (χ1) is 9.52. The van der Waals surface area contributed by atoms with E-state index in [1.54, 1.807) is 30.3 Å².